The van der Waals surface area contributed by atoms with E-state index in [9.17, 15) is 19.2 Å². The van der Waals surface area contributed by atoms with E-state index in [1.165, 1.54) is 11.9 Å². The fourth-order valence-electron chi connectivity index (χ4n) is 2.71. The number of amides is 3. The summed E-state index contributed by atoms with van der Waals surface area (Å²) in [5.74, 6) is -2.33. The van der Waals surface area contributed by atoms with Crippen molar-refractivity contribution in [3.8, 4) is 0 Å². The summed E-state index contributed by atoms with van der Waals surface area (Å²) < 4.78 is 0. The van der Waals surface area contributed by atoms with E-state index in [1.807, 2.05) is 0 Å². The summed E-state index contributed by atoms with van der Waals surface area (Å²) in [6, 6.07) is -2.44. The van der Waals surface area contributed by atoms with Gasteiger partial charge in [0.2, 0.25) is 11.8 Å². The fraction of sp³-hybridized carbons (Fsp3) is 0.667. The van der Waals surface area contributed by atoms with Gasteiger partial charge in [0.05, 0.1) is 0 Å². The van der Waals surface area contributed by atoms with Crippen LogP contribution in [0.1, 0.15) is 47.0 Å². The Labute approximate surface area is 159 Å². The van der Waals surface area contributed by atoms with Crippen molar-refractivity contribution in [1.29, 1.82) is 0 Å². The molecule has 0 aromatic rings. The Morgan fingerprint density at radius 2 is 1.89 bits per heavy atom. The standard InChI is InChI=1S/C18H30N4O5/c1-5-6-9-14(23)20-15(11(2)3)16(24)19-12(4)17(25)22-10-7-8-13(21-22)18(26)27/h5-6,11-13,15,21H,7-10H2,1-4H3,(H,19,24)(H,20,23)(H,26,27)/b6-5+/t12-,13-,15-/m0/s1. The molecule has 9 nitrogen and oxygen atoms in total. The Bertz CT molecular complexity index is 590. The molecule has 0 aliphatic carbocycles. The highest BCUT2D eigenvalue weighted by molar-refractivity contribution is 5.92. The van der Waals surface area contributed by atoms with Crippen LogP contribution in [0.15, 0.2) is 12.2 Å². The minimum atomic E-state index is -1.02. The van der Waals surface area contributed by atoms with Gasteiger partial charge in [-0.25, -0.2) is 5.43 Å². The van der Waals surface area contributed by atoms with E-state index in [0.717, 1.165) is 0 Å². The molecular weight excluding hydrogens is 352 g/mol. The fourth-order valence-corrected chi connectivity index (χ4v) is 2.71. The van der Waals surface area contributed by atoms with Crippen molar-refractivity contribution in [2.75, 3.05) is 6.54 Å². The molecule has 0 aromatic heterocycles. The number of carbonyl (C=O) groups excluding carboxylic acids is 3. The van der Waals surface area contributed by atoms with E-state index in [0.29, 0.717) is 19.4 Å². The van der Waals surface area contributed by atoms with E-state index in [4.69, 9.17) is 5.11 Å². The number of carboxylic acid groups (broad SMARTS) is 1. The lowest BCUT2D eigenvalue weighted by Gasteiger charge is -2.34. The van der Waals surface area contributed by atoms with Crippen LogP contribution in [0.2, 0.25) is 0 Å². The summed E-state index contributed by atoms with van der Waals surface area (Å²) in [5, 5.41) is 15.6. The number of rotatable bonds is 8. The van der Waals surface area contributed by atoms with Crippen LogP contribution in [0.4, 0.5) is 0 Å². The second-order valence-corrected chi connectivity index (χ2v) is 6.94. The Kier molecular flexibility index (Phi) is 8.93. The molecule has 1 heterocycles. The lowest BCUT2D eigenvalue weighted by molar-refractivity contribution is -0.148. The molecule has 0 spiro atoms. The number of nitrogens with one attached hydrogen (secondary N) is 3. The first kappa shape index (κ1) is 22.6. The highest BCUT2D eigenvalue weighted by Crippen LogP contribution is 2.09. The average Bonchev–Trinajstić information content (AvgIpc) is 2.63. The van der Waals surface area contributed by atoms with Crippen LogP contribution in [0.25, 0.3) is 0 Å². The zero-order valence-corrected chi connectivity index (χ0v) is 16.3. The third-order valence-corrected chi connectivity index (χ3v) is 4.28. The zero-order valence-electron chi connectivity index (χ0n) is 16.3. The van der Waals surface area contributed by atoms with Crippen LogP contribution in [-0.2, 0) is 19.2 Å². The monoisotopic (exact) mass is 382 g/mol. The Hall–Kier alpha value is -2.42. The SMILES string of the molecule is C/C=C/CC(=O)N[C@H](C(=O)N[C@@H](C)C(=O)N1CCC[C@@H](C(=O)O)N1)C(C)C. The van der Waals surface area contributed by atoms with Crippen LogP contribution in [-0.4, -0.2) is 58.5 Å². The molecule has 0 radical (unpaired) electrons. The summed E-state index contributed by atoms with van der Waals surface area (Å²) in [7, 11) is 0. The van der Waals surface area contributed by atoms with Crippen molar-refractivity contribution in [3.05, 3.63) is 12.2 Å². The van der Waals surface area contributed by atoms with Crippen molar-refractivity contribution in [1.82, 2.24) is 21.1 Å². The molecule has 0 aromatic carbocycles. The van der Waals surface area contributed by atoms with E-state index < -0.39 is 35.9 Å². The normalized spacial score (nSPS) is 19.6. The van der Waals surface area contributed by atoms with Crippen molar-refractivity contribution in [3.63, 3.8) is 0 Å². The molecule has 1 rings (SSSR count). The van der Waals surface area contributed by atoms with Crippen LogP contribution in [0, 0.1) is 5.92 Å². The van der Waals surface area contributed by atoms with Crippen molar-refractivity contribution >= 4 is 23.7 Å². The third-order valence-electron chi connectivity index (χ3n) is 4.28. The summed E-state index contributed by atoms with van der Waals surface area (Å²) >= 11 is 0. The molecule has 1 saturated heterocycles. The topological polar surface area (TPSA) is 128 Å². The van der Waals surface area contributed by atoms with Gasteiger partial charge in [-0.05, 0) is 32.6 Å². The molecule has 3 atom stereocenters. The maximum absolute atomic E-state index is 12.5. The average molecular weight is 382 g/mol. The number of carbonyl (C=O) groups is 4. The summed E-state index contributed by atoms with van der Waals surface area (Å²) in [6.07, 6.45) is 4.62. The molecule has 27 heavy (non-hydrogen) atoms. The molecule has 1 aliphatic heterocycles. The number of allylic oxidation sites excluding steroid dienone is 1. The van der Waals surface area contributed by atoms with Gasteiger partial charge in [0.1, 0.15) is 18.1 Å². The molecule has 4 N–H and O–H groups in total. The minimum absolute atomic E-state index is 0.161. The van der Waals surface area contributed by atoms with Gasteiger partial charge >= 0.3 is 5.97 Å². The first-order valence-corrected chi connectivity index (χ1v) is 9.18. The first-order valence-electron chi connectivity index (χ1n) is 9.18. The molecule has 1 aliphatic rings. The van der Waals surface area contributed by atoms with Gasteiger partial charge in [0.15, 0.2) is 0 Å². The van der Waals surface area contributed by atoms with E-state index in [2.05, 4.69) is 16.1 Å². The van der Waals surface area contributed by atoms with Crippen LogP contribution in [0.5, 0.6) is 0 Å². The molecule has 0 saturated carbocycles. The second kappa shape index (κ2) is 10.7. The summed E-state index contributed by atoms with van der Waals surface area (Å²) in [5.41, 5.74) is 2.67. The van der Waals surface area contributed by atoms with Crippen LogP contribution < -0.4 is 16.1 Å². The second-order valence-electron chi connectivity index (χ2n) is 6.94. The quantitative estimate of drug-likeness (QED) is 0.443. The number of hydrogen-bond acceptors (Lipinski definition) is 5. The van der Waals surface area contributed by atoms with Gasteiger partial charge in [0.25, 0.3) is 5.91 Å². The van der Waals surface area contributed by atoms with Gasteiger partial charge in [-0.2, -0.15) is 0 Å². The molecule has 0 unspecified atom stereocenters. The van der Waals surface area contributed by atoms with Crippen LogP contribution >= 0.6 is 0 Å². The van der Waals surface area contributed by atoms with Crippen molar-refractivity contribution in [2.45, 2.75) is 65.1 Å². The largest absolute Gasteiger partial charge is 0.480 e. The molecular formula is C18H30N4O5. The highest BCUT2D eigenvalue weighted by atomic mass is 16.4. The number of hydrogen-bond donors (Lipinski definition) is 4. The Balaban J connectivity index is 2.67. The molecule has 0 bridgehead atoms. The summed E-state index contributed by atoms with van der Waals surface area (Å²) in [4.78, 5) is 48.1. The van der Waals surface area contributed by atoms with E-state index in [-0.39, 0.29) is 18.2 Å². The smallest absolute Gasteiger partial charge is 0.322 e. The number of hydrazine groups is 1. The van der Waals surface area contributed by atoms with Crippen molar-refractivity contribution < 1.29 is 24.3 Å². The number of carboxylic acids is 1. The third kappa shape index (κ3) is 7.01. The Morgan fingerprint density at radius 3 is 2.44 bits per heavy atom. The predicted molar refractivity (Wildman–Crippen MR) is 99.3 cm³/mol. The van der Waals surface area contributed by atoms with Gasteiger partial charge in [0, 0.05) is 13.0 Å². The van der Waals surface area contributed by atoms with Crippen molar-refractivity contribution in [2.24, 2.45) is 5.92 Å². The highest BCUT2D eigenvalue weighted by Gasteiger charge is 2.32. The molecule has 3 amide bonds. The number of aliphatic carboxylic acids is 1. The molecule has 9 heteroatoms. The molecule has 1 fully saturated rings. The predicted octanol–water partition coefficient (Wildman–Crippen LogP) is 0.178. The van der Waals surface area contributed by atoms with Crippen LogP contribution in [0.3, 0.4) is 0 Å². The van der Waals surface area contributed by atoms with E-state index >= 15 is 0 Å². The molecule has 152 valence electrons. The summed E-state index contributed by atoms with van der Waals surface area (Å²) in [6.45, 7) is 7.31. The first-order chi connectivity index (χ1) is 12.7. The Morgan fingerprint density at radius 1 is 1.22 bits per heavy atom. The van der Waals surface area contributed by atoms with Gasteiger partial charge in [-0.1, -0.05) is 26.0 Å². The van der Waals surface area contributed by atoms with Gasteiger partial charge in [-0.3, -0.25) is 24.2 Å². The van der Waals surface area contributed by atoms with Gasteiger partial charge < -0.3 is 15.7 Å². The minimum Gasteiger partial charge on any atom is -0.480 e. The maximum atomic E-state index is 12.5. The van der Waals surface area contributed by atoms with E-state index in [1.54, 1.807) is 32.9 Å². The maximum Gasteiger partial charge on any atom is 0.322 e. The lowest BCUT2D eigenvalue weighted by Crippen LogP contribution is -2.60. The number of nitrogens with zero attached hydrogens (tertiary/aromatic N) is 1. The lowest BCUT2D eigenvalue weighted by atomic mass is 10.0. The van der Waals surface area contributed by atoms with Gasteiger partial charge in [-0.15, -0.1) is 0 Å². The zero-order chi connectivity index (χ0) is 20.6.